The van der Waals surface area contributed by atoms with Crippen molar-refractivity contribution >= 4 is 0 Å². The summed E-state index contributed by atoms with van der Waals surface area (Å²) in [5.74, 6) is 0.222. The minimum Gasteiger partial charge on any atom is -0.198 e. The Bertz CT molecular complexity index is 271. The maximum absolute atomic E-state index is 8.75. The first-order valence-corrected chi connectivity index (χ1v) is 4.80. The van der Waals surface area contributed by atoms with E-state index >= 15 is 0 Å². The van der Waals surface area contributed by atoms with Crippen LogP contribution in [0.3, 0.4) is 0 Å². The van der Waals surface area contributed by atoms with Gasteiger partial charge in [0.2, 0.25) is 0 Å². The second-order valence-corrected chi connectivity index (χ2v) is 3.26. The van der Waals surface area contributed by atoms with Gasteiger partial charge in [0.25, 0.3) is 0 Å². The third-order valence-corrected chi connectivity index (χ3v) is 2.30. The van der Waals surface area contributed by atoms with Gasteiger partial charge in [0.1, 0.15) is 0 Å². The van der Waals surface area contributed by atoms with Crippen LogP contribution in [-0.4, -0.2) is 0 Å². The molecule has 1 atom stereocenters. The van der Waals surface area contributed by atoms with Gasteiger partial charge in [-0.25, -0.2) is 0 Å². The highest BCUT2D eigenvalue weighted by molar-refractivity contribution is 5.14. The number of hydrogen-bond acceptors (Lipinski definition) is 1. The predicted octanol–water partition coefficient (Wildman–Crippen LogP) is 3.17. The Morgan fingerprint density at radius 2 is 2.00 bits per heavy atom. The average molecular weight is 173 g/mol. The lowest BCUT2D eigenvalue weighted by Crippen LogP contribution is -1.97. The molecule has 0 heterocycles. The van der Waals surface area contributed by atoms with Gasteiger partial charge < -0.3 is 0 Å². The molecule has 68 valence electrons. The van der Waals surface area contributed by atoms with Gasteiger partial charge >= 0.3 is 0 Å². The average Bonchev–Trinajstić information content (AvgIpc) is 2.21. The second kappa shape index (κ2) is 5.37. The molecular formula is C12H15N. The van der Waals surface area contributed by atoms with Crippen LogP contribution in [0.1, 0.15) is 25.3 Å². The summed E-state index contributed by atoms with van der Waals surface area (Å²) in [7, 11) is 0. The van der Waals surface area contributed by atoms with Crippen LogP contribution in [0.5, 0.6) is 0 Å². The highest BCUT2D eigenvalue weighted by Crippen LogP contribution is 2.11. The molecule has 1 aromatic rings. The Morgan fingerprint density at radius 1 is 1.31 bits per heavy atom. The molecule has 0 saturated carbocycles. The summed E-state index contributed by atoms with van der Waals surface area (Å²) in [6.45, 7) is 2.07. The Hall–Kier alpha value is -1.29. The lowest BCUT2D eigenvalue weighted by Gasteiger charge is -2.04. The van der Waals surface area contributed by atoms with E-state index in [0.717, 1.165) is 19.3 Å². The van der Waals surface area contributed by atoms with Gasteiger partial charge in [-0.3, -0.25) is 0 Å². The molecule has 0 unspecified atom stereocenters. The van der Waals surface area contributed by atoms with Gasteiger partial charge in [0, 0.05) is 5.92 Å². The van der Waals surface area contributed by atoms with Crippen molar-refractivity contribution in [3.63, 3.8) is 0 Å². The van der Waals surface area contributed by atoms with Crippen LogP contribution >= 0.6 is 0 Å². The third-order valence-electron chi connectivity index (χ3n) is 2.30. The summed E-state index contributed by atoms with van der Waals surface area (Å²) in [6.07, 6.45) is 2.97. The normalized spacial score (nSPS) is 12.0. The number of benzene rings is 1. The number of nitrogens with zero attached hydrogens (tertiary/aromatic N) is 1. The molecule has 0 fully saturated rings. The molecule has 0 N–H and O–H groups in total. The lowest BCUT2D eigenvalue weighted by molar-refractivity contribution is 0.585. The molecule has 0 radical (unpaired) electrons. The maximum Gasteiger partial charge on any atom is 0.0655 e. The molecular weight excluding hydrogens is 158 g/mol. The number of rotatable bonds is 4. The zero-order valence-electron chi connectivity index (χ0n) is 8.03. The van der Waals surface area contributed by atoms with Crippen molar-refractivity contribution in [1.82, 2.24) is 0 Å². The maximum atomic E-state index is 8.75. The first-order valence-electron chi connectivity index (χ1n) is 4.80. The predicted molar refractivity (Wildman–Crippen MR) is 54.2 cm³/mol. The van der Waals surface area contributed by atoms with Gasteiger partial charge in [-0.1, -0.05) is 37.3 Å². The van der Waals surface area contributed by atoms with Crippen molar-refractivity contribution in [2.75, 3.05) is 0 Å². The van der Waals surface area contributed by atoms with Crippen LogP contribution in [-0.2, 0) is 6.42 Å². The molecule has 0 aliphatic carbocycles. The van der Waals surface area contributed by atoms with Crippen molar-refractivity contribution in [2.45, 2.75) is 26.2 Å². The zero-order chi connectivity index (χ0) is 9.52. The summed E-state index contributed by atoms with van der Waals surface area (Å²) >= 11 is 0. The van der Waals surface area contributed by atoms with Crippen LogP contribution in [0, 0.1) is 17.2 Å². The minimum absolute atomic E-state index is 0.222. The van der Waals surface area contributed by atoms with Gasteiger partial charge in [-0.2, -0.15) is 5.26 Å². The smallest absolute Gasteiger partial charge is 0.0655 e. The molecule has 1 heteroatoms. The Balaban J connectivity index is 2.40. The Kier molecular flexibility index (Phi) is 4.05. The van der Waals surface area contributed by atoms with Crippen molar-refractivity contribution in [3.05, 3.63) is 35.9 Å². The fraction of sp³-hybridized carbons (Fsp3) is 0.417. The summed E-state index contributed by atoms with van der Waals surface area (Å²) < 4.78 is 0. The van der Waals surface area contributed by atoms with E-state index in [-0.39, 0.29) is 5.92 Å². The molecule has 1 aromatic carbocycles. The van der Waals surface area contributed by atoms with E-state index < -0.39 is 0 Å². The topological polar surface area (TPSA) is 23.8 Å². The molecule has 0 aromatic heterocycles. The van der Waals surface area contributed by atoms with Crippen molar-refractivity contribution in [3.8, 4) is 6.07 Å². The first-order chi connectivity index (χ1) is 6.36. The second-order valence-electron chi connectivity index (χ2n) is 3.26. The van der Waals surface area contributed by atoms with Gasteiger partial charge in [-0.05, 0) is 24.8 Å². The zero-order valence-corrected chi connectivity index (χ0v) is 8.03. The van der Waals surface area contributed by atoms with E-state index in [1.165, 1.54) is 5.56 Å². The monoisotopic (exact) mass is 173 g/mol. The van der Waals surface area contributed by atoms with E-state index in [4.69, 9.17) is 5.26 Å². The molecule has 0 bridgehead atoms. The van der Waals surface area contributed by atoms with E-state index in [2.05, 4.69) is 25.1 Å². The molecule has 0 aliphatic heterocycles. The molecule has 0 saturated heterocycles. The van der Waals surface area contributed by atoms with E-state index in [1.807, 2.05) is 18.2 Å². The standard InChI is InChI=1S/C12H15N/c1-2-11(10-13)8-9-12-6-4-3-5-7-12/h3-7,11H,2,8-9H2,1H3/t11-/m1/s1. The largest absolute Gasteiger partial charge is 0.198 e. The van der Waals surface area contributed by atoms with Crippen LogP contribution in [0.2, 0.25) is 0 Å². The van der Waals surface area contributed by atoms with Crippen molar-refractivity contribution in [1.29, 1.82) is 5.26 Å². The van der Waals surface area contributed by atoms with E-state index in [1.54, 1.807) is 0 Å². The molecule has 13 heavy (non-hydrogen) atoms. The molecule has 0 spiro atoms. The first kappa shape index (κ1) is 9.80. The molecule has 0 aliphatic rings. The van der Waals surface area contributed by atoms with Crippen molar-refractivity contribution < 1.29 is 0 Å². The van der Waals surface area contributed by atoms with Crippen LogP contribution < -0.4 is 0 Å². The van der Waals surface area contributed by atoms with Gasteiger partial charge in [0.15, 0.2) is 0 Å². The van der Waals surface area contributed by atoms with Crippen LogP contribution in [0.25, 0.3) is 0 Å². The molecule has 1 rings (SSSR count). The summed E-state index contributed by atoms with van der Waals surface area (Å²) in [6, 6.07) is 12.7. The van der Waals surface area contributed by atoms with E-state index in [9.17, 15) is 0 Å². The SMILES string of the molecule is CC[C@@H](C#N)CCc1ccccc1. The summed E-state index contributed by atoms with van der Waals surface area (Å²) in [5, 5.41) is 8.75. The minimum atomic E-state index is 0.222. The summed E-state index contributed by atoms with van der Waals surface area (Å²) in [5.41, 5.74) is 1.33. The third kappa shape index (κ3) is 3.29. The molecule has 0 amide bonds. The lowest BCUT2D eigenvalue weighted by atomic mass is 9.99. The Labute approximate surface area is 80.0 Å². The molecule has 1 nitrogen and oxygen atoms in total. The quantitative estimate of drug-likeness (QED) is 0.686. The van der Waals surface area contributed by atoms with Crippen LogP contribution in [0.4, 0.5) is 0 Å². The summed E-state index contributed by atoms with van der Waals surface area (Å²) in [4.78, 5) is 0. The number of hydrogen-bond donors (Lipinski definition) is 0. The van der Waals surface area contributed by atoms with Crippen LogP contribution in [0.15, 0.2) is 30.3 Å². The van der Waals surface area contributed by atoms with Gasteiger partial charge in [-0.15, -0.1) is 0 Å². The fourth-order valence-corrected chi connectivity index (χ4v) is 1.35. The number of nitriles is 1. The number of aryl methyl sites for hydroxylation is 1. The van der Waals surface area contributed by atoms with Gasteiger partial charge in [0.05, 0.1) is 6.07 Å². The fourth-order valence-electron chi connectivity index (χ4n) is 1.35. The highest BCUT2D eigenvalue weighted by Gasteiger charge is 2.03. The highest BCUT2D eigenvalue weighted by atomic mass is 14.3. The van der Waals surface area contributed by atoms with Crippen molar-refractivity contribution in [2.24, 2.45) is 5.92 Å². The Morgan fingerprint density at radius 3 is 2.54 bits per heavy atom. The van der Waals surface area contributed by atoms with E-state index in [0.29, 0.717) is 0 Å².